The number of halogens is 1. The highest BCUT2D eigenvalue weighted by molar-refractivity contribution is 9.10. The van der Waals surface area contributed by atoms with Gasteiger partial charge in [0.2, 0.25) is 0 Å². The number of rotatable bonds is 2. The van der Waals surface area contributed by atoms with Crippen LogP contribution < -0.4 is 0 Å². The standard InChI is InChI=1S/C10H11BrN2/c1-2-3-8-4-5-10-12-6-9(11)13(10)7-8/h4-7H,2-3H2,1H3. The molecule has 0 saturated heterocycles. The highest BCUT2D eigenvalue weighted by Gasteiger charge is 1.99. The van der Waals surface area contributed by atoms with Crippen molar-refractivity contribution in [1.29, 1.82) is 0 Å². The zero-order valence-electron chi connectivity index (χ0n) is 7.50. The smallest absolute Gasteiger partial charge is 0.137 e. The van der Waals surface area contributed by atoms with E-state index in [1.807, 2.05) is 6.20 Å². The molecule has 0 fully saturated rings. The van der Waals surface area contributed by atoms with Gasteiger partial charge in [0.25, 0.3) is 0 Å². The summed E-state index contributed by atoms with van der Waals surface area (Å²) in [7, 11) is 0. The monoisotopic (exact) mass is 238 g/mol. The number of hydrogen-bond acceptors (Lipinski definition) is 1. The lowest BCUT2D eigenvalue weighted by Crippen LogP contribution is -1.89. The SMILES string of the molecule is CCCc1ccc2ncc(Br)n2c1. The molecule has 2 heterocycles. The molecule has 0 unspecified atom stereocenters. The first-order chi connectivity index (χ1) is 6.31. The molecule has 2 aromatic heterocycles. The molecule has 2 nitrogen and oxygen atoms in total. The molecular formula is C10H11BrN2. The van der Waals surface area contributed by atoms with Crippen LogP contribution in [-0.4, -0.2) is 9.38 Å². The third-order valence-corrected chi connectivity index (χ3v) is 2.65. The van der Waals surface area contributed by atoms with Crippen molar-refractivity contribution in [2.75, 3.05) is 0 Å². The minimum atomic E-state index is 0.992. The summed E-state index contributed by atoms with van der Waals surface area (Å²) in [5.41, 5.74) is 2.35. The lowest BCUT2D eigenvalue weighted by atomic mass is 10.2. The molecule has 0 amide bonds. The molecule has 0 aliphatic carbocycles. The second kappa shape index (κ2) is 3.50. The Morgan fingerprint density at radius 3 is 3.08 bits per heavy atom. The summed E-state index contributed by atoms with van der Waals surface area (Å²) in [6.45, 7) is 2.19. The number of hydrogen-bond donors (Lipinski definition) is 0. The number of aromatic nitrogens is 2. The van der Waals surface area contributed by atoms with E-state index in [2.05, 4.69) is 50.6 Å². The van der Waals surface area contributed by atoms with Gasteiger partial charge < -0.3 is 0 Å². The average Bonchev–Trinajstić information content (AvgIpc) is 2.49. The zero-order chi connectivity index (χ0) is 9.26. The van der Waals surface area contributed by atoms with E-state index in [1.54, 1.807) is 0 Å². The maximum atomic E-state index is 4.24. The van der Waals surface area contributed by atoms with Gasteiger partial charge in [-0.1, -0.05) is 19.4 Å². The van der Waals surface area contributed by atoms with Crippen LogP contribution in [0.15, 0.2) is 29.1 Å². The Morgan fingerprint density at radius 1 is 1.46 bits per heavy atom. The van der Waals surface area contributed by atoms with Crippen LogP contribution >= 0.6 is 15.9 Å². The number of nitrogens with zero attached hydrogens (tertiary/aromatic N) is 2. The fraction of sp³-hybridized carbons (Fsp3) is 0.300. The second-order valence-corrected chi connectivity index (χ2v) is 3.91. The van der Waals surface area contributed by atoms with Gasteiger partial charge in [-0.15, -0.1) is 0 Å². The van der Waals surface area contributed by atoms with Crippen LogP contribution in [0, 0.1) is 0 Å². The summed E-state index contributed by atoms with van der Waals surface area (Å²) < 4.78 is 3.07. The Kier molecular flexibility index (Phi) is 2.36. The maximum absolute atomic E-state index is 4.24. The van der Waals surface area contributed by atoms with Crippen molar-refractivity contribution < 1.29 is 0 Å². The van der Waals surface area contributed by atoms with E-state index in [1.165, 1.54) is 12.0 Å². The molecule has 0 bridgehead atoms. The van der Waals surface area contributed by atoms with Crippen molar-refractivity contribution in [1.82, 2.24) is 9.38 Å². The van der Waals surface area contributed by atoms with Crippen LogP contribution in [0.25, 0.3) is 5.65 Å². The third kappa shape index (κ3) is 1.61. The van der Waals surface area contributed by atoms with Crippen LogP contribution in [0.5, 0.6) is 0 Å². The van der Waals surface area contributed by atoms with Crippen molar-refractivity contribution in [2.24, 2.45) is 0 Å². The molecule has 0 spiro atoms. The quantitative estimate of drug-likeness (QED) is 0.787. The average molecular weight is 239 g/mol. The van der Waals surface area contributed by atoms with Crippen LogP contribution in [-0.2, 0) is 6.42 Å². The van der Waals surface area contributed by atoms with Gasteiger partial charge in [0, 0.05) is 6.20 Å². The minimum Gasteiger partial charge on any atom is -0.294 e. The molecule has 0 atom stereocenters. The maximum Gasteiger partial charge on any atom is 0.137 e. The predicted octanol–water partition coefficient (Wildman–Crippen LogP) is 3.05. The second-order valence-electron chi connectivity index (χ2n) is 3.10. The predicted molar refractivity (Wildman–Crippen MR) is 56.9 cm³/mol. The Hall–Kier alpha value is -0.830. The van der Waals surface area contributed by atoms with Crippen molar-refractivity contribution in [3.63, 3.8) is 0 Å². The molecule has 3 heteroatoms. The molecule has 2 rings (SSSR count). The van der Waals surface area contributed by atoms with Gasteiger partial charge in [-0.25, -0.2) is 4.98 Å². The fourth-order valence-electron chi connectivity index (χ4n) is 1.43. The van der Waals surface area contributed by atoms with Gasteiger partial charge in [-0.2, -0.15) is 0 Å². The molecule has 0 aromatic carbocycles. The normalized spacial score (nSPS) is 10.9. The molecule has 0 radical (unpaired) electrons. The minimum absolute atomic E-state index is 0.992. The van der Waals surface area contributed by atoms with Crippen LogP contribution in [0.4, 0.5) is 0 Å². The zero-order valence-corrected chi connectivity index (χ0v) is 9.08. The topological polar surface area (TPSA) is 17.3 Å². The lowest BCUT2D eigenvalue weighted by molar-refractivity contribution is 0.907. The molecular weight excluding hydrogens is 228 g/mol. The van der Waals surface area contributed by atoms with Crippen molar-refractivity contribution in [3.8, 4) is 0 Å². The van der Waals surface area contributed by atoms with Crippen molar-refractivity contribution >= 4 is 21.6 Å². The number of imidazole rings is 1. The summed E-state index contributed by atoms with van der Waals surface area (Å²) in [4.78, 5) is 4.24. The first-order valence-corrected chi connectivity index (χ1v) is 5.22. The van der Waals surface area contributed by atoms with Gasteiger partial charge in [0.15, 0.2) is 0 Å². The molecule has 68 valence electrons. The number of fused-ring (bicyclic) bond motifs is 1. The van der Waals surface area contributed by atoms with Gasteiger partial charge in [0.1, 0.15) is 10.3 Å². The lowest BCUT2D eigenvalue weighted by Gasteiger charge is -2.00. The fourth-order valence-corrected chi connectivity index (χ4v) is 1.82. The van der Waals surface area contributed by atoms with Gasteiger partial charge >= 0.3 is 0 Å². The summed E-state index contributed by atoms with van der Waals surface area (Å²) >= 11 is 3.45. The van der Waals surface area contributed by atoms with Gasteiger partial charge in [0.05, 0.1) is 6.20 Å². The molecule has 0 aliphatic heterocycles. The van der Waals surface area contributed by atoms with Crippen LogP contribution in [0.1, 0.15) is 18.9 Å². The van der Waals surface area contributed by atoms with E-state index in [9.17, 15) is 0 Å². The molecule has 0 aliphatic rings. The summed E-state index contributed by atoms with van der Waals surface area (Å²) in [6, 6.07) is 4.19. The van der Waals surface area contributed by atoms with E-state index in [4.69, 9.17) is 0 Å². The Bertz CT molecular complexity index is 420. The number of pyridine rings is 1. The first kappa shape index (κ1) is 8.75. The molecule has 0 saturated carbocycles. The molecule has 13 heavy (non-hydrogen) atoms. The van der Waals surface area contributed by atoms with E-state index >= 15 is 0 Å². The first-order valence-electron chi connectivity index (χ1n) is 4.42. The van der Waals surface area contributed by atoms with E-state index in [0.717, 1.165) is 16.7 Å². The Labute approximate surface area is 85.7 Å². The Balaban J connectivity index is 2.53. The summed E-state index contributed by atoms with van der Waals surface area (Å²) in [5, 5.41) is 0. The van der Waals surface area contributed by atoms with E-state index in [-0.39, 0.29) is 0 Å². The summed E-state index contributed by atoms with van der Waals surface area (Å²) in [6.07, 6.45) is 6.26. The summed E-state index contributed by atoms with van der Waals surface area (Å²) in [5.74, 6) is 0. The Morgan fingerprint density at radius 2 is 2.31 bits per heavy atom. The van der Waals surface area contributed by atoms with Crippen molar-refractivity contribution in [3.05, 3.63) is 34.7 Å². The van der Waals surface area contributed by atoms with E-state index < -0.39 is 0 Å². The van der Waals surface area contributed by atoms with Gasteiger partial charge in [-0.3, -0.25) is 4.40 Å². The van der Waals surface area contributed by atoms with Crippen LogP contribution in [0.2, 0.25) is 0 Å². The van der Waals surface area contributed by atoms with E-state index in [0.29, 0.717) is 0 Å². The highest BCUT2D eigenvalue weighted by atomic mass is 79.9. The third-order valence-electron chi connectivity index (χ3n) is 2.06. The van der Waals surface area contributed by atoms with Crippen LogP contribution in [0.3, 0.4) is 0 Å². The highest BCUT2D eigenvalue weighted by Crippen LogP contribution is 2.14. The largest absolute Gasteiger partial charge is 0.294 e. The van der Waals surface area contributed by atoms with Gasteiger partial charge in [-0.05, 0) is 34.0 Å². The molecule has 0 N–H and O–H groups in total. The molecule has 2 aromatic rings. The van der Waals surface area contributed by atoms with Crippen molar-refractivity contribution in [2.45, 2.75) is 19.8 Å². The number of aryl methyl sites for hydroxylation is 1.